The smallest absolute Gasteiger partial charge is 0.343 e. The minimum Gasteiger partial charge on any atom is -0.507 e. The van der Waals surface area contributed by atoms with Gasteiger partial charge in [0.05, 0.1) is 114 Å². The fourth-order valence-corrected chi connectivity index (χ4v) is 10.5. The molecule has 408 valence electrons. The van der Waals surface area contributed by atoms with Gasteiger partial charge in [0.2, 0.25) is 17.7 Å². The number of carbonyl (C=O) groups is 4. The number of aliphatic hydroxyl groups excluding tert-OH is 2. The third-order valence-electron chi connectivity index (χ3n) is 13.6. The molecule has 74 heavy (non-hydrogen) atoms. The number of esters is 1. The van der Waals surface area contributed by atoms with E-state index in [1.807, 2.05) is 97.3 Å². The third-order valence-corrected chi connectivity index (χ3v) is 14.5. The zero-order valence-corrected chi connectivity index (χ0v) is 45.3. The highest BCUT2D eigenvalue weighted by molar-refractivity contribution is 7.13. The van der Waals surface area contributed by atoms with Gasteiger partial charge in [0.1, 0.15) is 24.3 Å². The number of likely N-dealkylation sites (tertiary alicyclic amines) is 1. The maximum atomic E-state index is 14.0. The molecular formula is C55H78N4O14S. The predicted octanol–water partition coefficient (Wildman–Crippen LogP) is 6.04. The fourth-order valence-electron chi connectivity index (χ4n) is 9.72. The van der Waals surface area contributed by atoms with Gasteiger partial charge in [-0.25, -0.2) is 9.78 Å². The van der Waals surface area contributed by atoms with Gasteiger partial charge in [-0.1, -0.05) is 62.7 Å². The summed E-state index contributed by atoms with van der Waals surface area (Å²) in [6, 6.07) is 9.71. The van der Waals surface area contributed by atoms with Gasteiger partial charge in [0.15, 0.2) is 11.4 Å². The molecule has 1 spiro atoms. The Morgan fingerprint density at radius 1 is 0.824 bits per heavy atom. The Balaban J connectivity index is 0.740. The molecular weight excluding hydrogens is 973 g/mol. The van der Waals surface area contributed by atoms with E-state index in [0.29, 0.717) is 91.8 Å². The zero-order chi connectivity index (χ0) is 53.4. The van der Waals surface area contributed by atoms with E-state index in [1.54, 1.807) is 11.3 Å². The molecule has 0 radical (unpaired) electrons. The molecule has 3 amide bonds. The molecule has 2 aromatic carbocycles. The molecule has 6 rings (SSSR count). The minimum absolute atomic E-state index is 0.00209. The van der Waals surface area contributed by atoms with Crippen LogP contribution in [0.2, 0.25) is 0 Å². The van der Waals surface area contributed by atoms with Crippen molar-refractivity contribution in [2.75, 3.05) is 92.4 Å². The van der Waals surface area contributed by atoms with Crippen molar-refractivity contribution in [3.8, 4) is 10.4 Å². The summed E-state index contributed by atoms with van der Waals surface area (Å²) in [7, 11) is 0. The Morgan fingerprint density at radius 2 is 1.36 bits per heavy atom. The topological polar surface area (TPSA) is 223 Å². The van der Waals surface area contributed by atoms with E-state index in [1.165, 1.54) is 4.90 Å². The van der Waals surface area contributed by atoms with Crippen LogP contribution in [0.25, 0.3) is 16.0 Å². The number of rotatable bonds is 28. The van der Waals surface area contributed by atoms with Crippen molar-refractivity contribution >= 4 is 40.6 Å². The number of benzene rings is 2. The van der Waals surface area contributed by atoms with Crippen LogP contribution in [-0.4, -0.2) is 166 Å². The number of ether oxygens (including phenoxy) is 8. The highest BCUT2D eigenvalue weighted by Gasteiger charge is 2.51. The normalized spacial score (nSPS) is 20.8. The lowest BCUT2D eigenvalue weighted by Crippen LogP contribution is -2.58. The van der Waals surface area contributed by atoms with Gasteiger partial charge in [-0.05, 0) is 93.5 Å². The van der Waals surface area contributed by atoms with E-state index in [0.717, 1.165) is 44.0 Å². The van der Waals surface area contributed by atoms with Gasteiger partial charge < -0.3 is 63.6 Å². The van der Waals surface area contributed by atoms with Crippen LogP contribution >= 0.6 is 11.3 Å². The molecule has 0 bridgehead atoms. The van der Waals surface area contributed by atoms with Crippen LogP contribution in [0.4, 0.5) is 0 Å². The second kappa shape index (κ2) is 27.8. The molecule has 1 aromatic heterocycles. The van der Waals surface area contributed by atoms with Crippen molar-refractivity contribution in [2.45, 2.75) is 123 Å². The maximum absolute atomic E-state index is 14.0. The summed E-state index contributed by atoms with van der Waals surface area (Å²) in [5.41, 5.74) is 7.06. The summed E-state index contributed by atoms with van der Waals surface area (Å²) in [5.74, 6) is -1.74. The summed E-state index contributed by atoms with van der Waals surface area (Å²) in [4.78, 5) is 60.4. The van der Waals surface area contributed by atoms with Crippen molar-refractivity contribution < 1.29 is 67.3 Å². The van der Waals surface area contributed by atoms with Crippen LogP contribution in [0.5, 0.6) is 0 Å². The summed E-state index contributed by atoms with van der Waals surface area (Å²) >= 11 is 1.57. The number of thiazole rings is 1. The van der Waals surface area contributed by atoms with Gasteiger partial charge in [0.25, 0.3) is 0 Å². The van der Waals surface area contributed by atoms with Crippen LogP contribution in [0.1, 0.15) is 99.4 Å². The van der Waals surface area contributed by atoms with Gasteiger partial charge >= 0.3 is 5.97 Å². The first-order valence-electron chi connectivity index (χ1n) is 25.8. The van der Waals surface area contributed by atoms with Crippen LogP contribution in [0.15, 0.2) is 47.7 Å². The van der Waals surface area contributed by atoms with E-state index in [9.17, 15) is 29.4 Å². The first kappa shape index (κ1) is 58.4. The van der Waals surface area contributed by atoms with E-state index < -0.39 is 47.0 Å². The Labute approximate surface area is 439 Å². The van der Waals surface area contributed by atoms with Crippen LogP contribution in [0, 0.1) is 33.1 Å². The fraction of sp³-hybridized carbons (Fsp3) is 0.618. The Kier molecular flexibility index (Phi) is 22.0. The van der Waals surface area contributed by atoms with Crippen molar-refractivity contribution in [3.05, 3.63) is 81.2 Å². The molecule has 4 N–H and O–H groups in total. The monoisotopic (exact) mass is 1050 g/mol. The molecule has 18 nitrogen and oxygen atoms in total. The molecule has 4 atom stereocenters. The number of aryl methyl sites for hydroxylation is 4. The summed E-state index contributed by atoms with van der Waals surface area (Å²) in [6.45, 7) is 19.3. The zero-order valence-electron chi connectivity index (χ0n) is 44.5. The summed E-state index contributed by atoms with van der Waals surface area (Å²) < 4.78 is 45.3. The lowest BCUT2D eigenvalue weighted by Gasteiger charge is -2.35. The molecule has 2 fully saturated rings. The van der Waals surface area contributed by atoms with Crippen LogP contribution in [0.3, 0.4) is 0 Å². The minimum atomic E-state index is -0.985. The molecule has 2 aliphatic heterocycles. The highest BCUT2D eigenvalue weighted by Crippen LogP contribution is 2.47. The van der Waals surface area contributed by atoms with E-state index in [2.05, 4.69) is 15.6 Å². The quantitative estimate of drug-likeness (QED) is 0.0481. The molecule has 19 heteroatoms. The Morgan fingerprint density at radius 3 is 1.89 bits per heavy atom. The van der Waals surface area contributed by atoms with Crippen molar-refractivity contribution in [2.24, 2.45) is 5.41 Å². The van der Waals surface area contributed by atoms with Crippen LogP contribution in [-0.2, 0) is 57.1 Å². The molecule has 3 aromatic rings. The van der Waals surface area contributed by atoms with E-state index >= 15 is 0 Å². The number of aromatic nitrogens is 1. The Hall–Kier alpha value is -4.83. The summed E-state index contributed by atoms with van der Waals surface area (Å²) in [5, 5.41) is 27.7. The predicted molar refractivity (Wildman–Crippen MR) is 279 cm³/mol. The number of aliphatic hydroxyl groups is 2. The largest absolute Gasteiger partial charge is 0.507 e. The molecule has 1 aliphatic carbocycles. The maximum Gasteiger partial charge on any atom is 0.343 e. The molecule has 3 aliphatic rings. The first-order chi connectivity index (χ1) is 35.4. The second-order valence-corrected chi connectivity index (χ2v) is 21.3. The second-order valence-electron chi connectivity index (χ2n) is 20.4. The lowest BCUT2D eigenvalue weighted by molar-refractivity contribution is -0.152. The average molecular weight is 1050 g/mol. The van der Waals surface area contributed by atoms with E-state index in [4.69, 9.17) is 37.9 Å². The summed E-state index contributed by atoms with van der Waals surface area (Å²) in [6.07, 6.45) is 1.53. The third kappa shape index (κ3) is 16.1. The number of nitrogens with zero attached hydrogens (tertiary/aromatic N) is 2. The first-order valence-corrected chi connectivity index (χ1v) is 26.7. The number of amides is 3. The average Bonchev–Trinajstić information content (AvgIpc) is 4.04. The van der Waals surface area contributed by atoms with Crippen molar-refractivity contribution in [3.63, 3.8) is 0 Å². The SMILES string of the molecule is Cc1cc(C)c(C2=C(O)C3(CCC(OCCOCCOCCOCCOCCOCCOCC(=O)N[C@H](C(=O)N4C[C@H](O)C[C@H]4C(=O)N[C@@H](C)c4ccc(-c5scnc5C)cc4)C(C)(C)C)CC3)OC2=O)c(C)c1. The molecule has 0 unspecified atom stereocenters. The Bertz CT molecular complexity index is 2340. The number of nitrogens with one attached hydrogen (secondary N) is 2. The van der Waals surface area contributed by atoms with Gasteiger partial charge in [-0.15, -0.1) is 11.3 Å². The van der Waals surface area contributed by atoms with Crippen molar-refractivity contribution in [1.29, 1.82) is 0 Å². The highest BCUT2D eigenvalue weighted by atomic mass is 32.1. The standard InChI is InChI=1S/C55H78N4O14S/c1-35-29-36(2)46(37(3)30-35)47-50(62)55(73-53(47)65)15-13-43(14-16-55)72-28-27-70-24-23-68-20-19-66-17-18-67-21-22-69-25-26-71-33-45(61)58-49(54(6,7)8)52(64)59-32-42(60)31-44(59)51(63)57-38(4)40-9-11-41(12-10-40)48-39(5)56-34-74-48/h9-12,29-30,34,38,42-44,49,60,62H,13-28,31-33H2,1-8H3,(H,57,63)(H,58,61)/t38-,42+,43?,44-,49+,55?/m0/s1. The number of β-amino-alcohol motifs (C(OH)–C–C–N with tert-alkyl or cyclic N) is 1. The number of hydrogen-bond acceptors (Lipinski definition) is 16. The molecule has 1 saturated carbocycles. The van der Waals surface area contributed by atoms with Crippen molar-refractivity contribution in [1.82, 2.24) is 20.5 Å². The van der Waals surface area contributed by atoms with Gasteiger partial charge in [-0.2, -0.15) is 0 Å². The molecule has 1 saturated heterocycles. The lowest BCUT2D eigenvalue weighted by atomic mass is 9.80. The molecule has 3 heterocycles. The van der Waals surface area contributed by atoms with Gasteiger partial charge in [0, 0.05) is 13.0 Å². The number of carbonyl (C=O) groups excluding carboxylic acids is 4. The van der Waals surface area contributed by atoms with E-state index in [-0.39, 0.29) is 62.2 Å². The number of hydrogen-bond donors (Lipinski definition) is 4. The van der Waals surface area contributed by atoms with Gasteiger partial charge in [-0.3, -0.25) is 14.4 Å². The van der Waals surface area contributed by atoms with Crippen LogP contribution < -0.4 is 10.6 Å².